The zero-order valence-corrected chi connectivity index (χ0v) is 13.0. The first-order valence-corrected chi connectivity index (χ1v) is 6.84. The quantitative estimate of drug-likeness (QED) is 0.616. The molecular weight excluding hydrogens is 316 g/mol. The van der Waals surface area contributed by atoms with Crippen LogP contribution in [0.5, 0.6) is 11.6 Å². The molecule has 0 spiro atoms. The van der Waals surface area contributed by atoms with Crippen molar-refractivity contribution >= 4 is 22.4 Å². The highest BCUT2D eigenvalue weighted by atomic mass is 35.5. The number of amides is 1. The van der Waals surface area contributed by atoms with E-state index >= 15 is 0 Å². The number of nitrogens with zero attached hydrogens (tertiary/aromatic N) is 2. The second-order valence-corrected chi connectivity index (χ2v) is 4.66. The van der Waals surface area contributed by atoms with E-state index in [1.807, 2.05) is 24.3 Å². The van der Waals surface area contributed by atoms with Crippen molar-refractivity contribution < 1.29 is 27.7 Å². The molecule has 0 fully saturated rings. The molecule has 4 N–H and O–H groups in total. The van der Waals surface area contributed by atoms with Crippen LogP contribution < -0.4 is 28.2 Å². The molecule has 0 aliphatic rings. The van der Waals surface area contributed by atoms with E-state index in [0.29, 0.717) is 17.3 Å². The van der Waals surface area contributed by atoms with Crippen molar-refractivity contribution in [1.29, 1.82) is 0 Å². The first kappa shape index (κ1) is 16.7. The smallest absolute Gasteiger partial charge is 0.279 e. The Bertz CT molecular complexity index is 803. The van der Waals surface area contributed by atoms with Crippen LogP contribution in [0.4, 0.5) is 5.69 Å². The topological polar surface area (TPSA) is 91.8 Å². The summed E-state index contributed by atoms with van der Waals surface area (Å²) in [6.07, 6.45) is 1.69. The third-order valence-corrected chi connectivity index (χ3v) is 3.12. The van der Waals surface area contributed by atoms with Gasteiger partial charge in [0.1, 0.15) is 5.75 Å². The summed E-state index contributed by atoms with van der Waals surface area (Å²) in [4.78, 5) is 11.3. The molecule has 0 aliphatic carbocycles. The lowest BCUT2D eigenvalue weighted by atomic mass is 10.2. The van der Waals surface area contributed by atoms with Crippen LogP contribution in [-0.2, 0) is 4.79 Å². The van der Waals surface area contributed by atoms with Crippen molar-refractivity contribution in [3.8, 4) is 11.6 Å². The zero-order chi connectivity index (χ0) is 15.4. The summed E-state index contributed by atoms with van der Waals surface area (Å²) < 4.78 is 5.78. The van der Waals surface area contributed by atoms with E-state index in [-0.39, 0.29) is 24.9 Å². The maximum atomic E-state index is 11.3. The van der Waals surface area contributed by atoms with E-state index in [2.05, 4.69) is 21.2 Å². The van der Waals surface area contributed by atoms with Crippen molar-refractivity contribution in [3.05, 3.63) is 54.7 Å². The molecule has 0 bridgehead atoms. The van der Waals surface area contributed by atoms with E-state index in [0.717, 1.165) is 10.8 Å². The van der Waals surface area contributed by atoms with Crippen molar-refractivity contribution in [2.45, 2.75) is 0 Å². The number of ether oxygens (including phenoxy) is 1. The maximum absolute atomic E-state index is 11.3. The average molecular weight is 331 g/mol. The van der Waals surface area contributed by atoms with Crippen LogP contribution >= 0.6 is 0 Å². The Labute approximate surface area is 139 Å². The van der Waals surface area contributed by atoms with Gasteiger partial charge in [-0.15, -0.1) is 5.10 Å². The molecule has 1 amide bonds. The largest absolute Gasteiger partial charge is 1.00 e. The van der Waals surface area contributed by atoms with Crippen molar-refractivity contribution in [3.63, 3.8) is 0 Å². The SMILES string of the molecule is [Cl-].[NH3+]CC(=O)Nc1ccc(Oc2nncc3ccccc23)cc1. The molecule has 0 saturated carbocycles. The highest BCUT2D eigenvalue weighted by molar-refractivity contribution is 5.91. The van der Waals surface area contributed by atoms with Crippen molar-refractivity contribution in [1.82, 2.24) is 10.2 Å². The number of nitrogens with one attached hydrogen (secondary N) is 1. The lowest BCUT2D eigenvalue weighted by Gasteiger charge is -2.08. The fraction of sp³-hybridized carbons (Fsp3) is 0.0625. The van der Waals surface area contributed by atoms with Crippen molar-refractivity contribution in [2.24, 2.45) is 0 Å². The fourth-order valence-electron chi connectivity index (χ4n) is 2.02. The van der Waals surface area contributed by atoms with Crippen LogP contribution in [0.1, 0.15) is 0 Å². The summed E-state index contributed by atoms with van der Waals surface area (Å²) in [6, 6.07) is 14.8. The molecule has 23 heavy (non-hydrogen) atoms. The van der Waals surface area contributed by atoms with Gasteiger partial charge in [0.25, 0.3) is 5.91 Å². The van der Waals surface area contributed by atoms with Gasteiger partial charge in [-0.1, -0.05) is 18.2 Å². The summed E-state index contributed by atoms with van der Waals surface area (Å²) in [7, 11) is 0. The van der Waals surface area contributed by atoms with Gasteiger partial charge >= 0.3 is 0 Å². The number of benzene rings is 2. The molecule has 118 valence electrons. The van der Waals surface area contributed by atoms with Gasteiger partial charge in [0, 0.05) is 16.5 Å². The van der Waals surface area contributed by atoms with E-state index in [1.54, 1.807) is 30.5 Å². The molecule has 1 heterocycles. The lowest BCUT2D eigenvalue weighted by Crippen LogP contribution is -3.00. The number of carbonyl (C=O) groups excluding carboxylic acids is 1. The third kappa shape index (κ3) is 3.94. The summed E-state index contributed by atoms with van der Waals surface area (Å²) >= 11 is 0. The van der Waals surface area contributed by atoms with Crippen LogP contribution in [-0.4, -0.2) is 22.6 Å². The minimum absolute atomic E-state index is 0. The Morgan fingerprint density at radius 2 is 1.87 bits per heavy atom. The minimum atomic E-state index is -0.131. The summed E-state index contributed by atoms with van der Waals surface area (Å²) in [5.74, 6) is 0.944. The molecule has 6 nitrogen and oxygen atoms in total. The fourth-order valence-corrected chi connectivity index (χ4v) is 2.02. The number of halogens is 1. The molecule has 2 aromatic carbocycles. The van der Waals surface area contributed by atoms with E-state index in [4.69, 9.17) is 4.74 Å². The van der Waals surface area contributed by atoms with Gasteiger partial charge in [0.15, 0.2) is 6.54 Å². The molecular formula is C16H15ClN4O2. The first-order chi connectivity index (χ1) is 10.8. The molecule has 0 saturated heterocycles. The highest BCUT2D eigenvalue weighted by Gasteiger charge is 2.06. The summed E-state index contributed by atoms with van der Waals surface area (Å²) in [6.45, 7) is 0.198. The number of aromatic nitrogens is 2. The van der Waals surface area contributed by atoms with E-state index < -0.39 is 0 Å². The molecule has 7 heteroatoms. The normalized spacial score (nSPS) is 9.96. The molecule has 0 unspecified atom stereocenters. The standard InChI is InChI=1S/C16H14N4O2.ClH/c17-9-15(21)19-12-5-7-13(8-6-12)22-16-14-4-2-1-3-11(14)10-18-20-16;/h1-8,10H,9,17H2,(H,19,21);1H. The number of quaternary nitrogens is 1. The minimum Gasteiger partial charge on any atom is -1.00 e. The Kier molecular flexibility index (Phi) is 5.46. The maximum Gasteiger partial charge on any atom is 0.279 e. The Hall–Kier alpha value is -2.70. The van der Waals surface area contributed by atoms with E-state index in [9.17, 15) is 4.79 Å². The monoisotopic (exact) mass is 330 g/mol. The van der Waals surface area contributed by atoms with Crippen LogP contribution in [0.3, 0.4) is 0 Å². The molecule has 0 atom stereocenters. The predicted octanol–water partition coefficient (Wildman–Crippen LogP) is -1.39. The van der Waals surface area contributed by atoms with Gasteiger partial charge in [-0.25, -0.2) is 0 Å². The van der Waals surface area contributed by atoms with Crippen LogP contribution in [0.15, 0.2) is 54.7 Å². The zero-order valence-electron chi connectivity index (χ0n) is 12.2. The number of hydrogen-bond acceptors (Lipinski definition) is 4. The second-order valence-electron chi connectivity index (χ2n) is 4.66. The Morgan fingerprint density at radius 1 is 1.13 bits per heavy atom. The number of carbonyl (C=O) groups is 1. The molecule has 0 aliphatic heterocycles. The van der Waals surface area contributed by atoms with E-state index in [1.165, 1.54) is 0 Å². The lowest BCUT2D eigenvalue weighted by molar-refractivity contribution is -0.353. The third-order valence-electron chi connectivity index (χ3n) is 3.12. The second kappa shape index (κ2) is 7.53. The van der Waals surface area contributed by atoms with Gasteiger partial charge in [0.05, 0.1) is 6.20 Å². The van der Waals surface area contributed by atoms with Gasteiger partial charge < -0.3 is 28.2 Å². The van der Waals surface area contributed by atoms with Crippen LogP contribution in [0.2, 0.25) is 0 Å². The van der Waals surface area contributed by atoms with Crippen LogP contribution in [0, 0.1) is 0 Å². The first-order valence-electron chi connectivity index (χ1n) is 6.84. The number of fused-ring (bicyclic) bond motifs is 1. The molecule has 1 aromatic heterocycles. The average Bonchev–Trinajstić information content (AvgIpc) is 2.57. The number of hydrogen-bond donors (Lipinski definition) is 2. The van der Waals surface area contributed by atoms with Crippen LogP contribution in [0.25, 0.3) is 10.8 Å². The van der Waals surface area contributed by atoms with Gasteiger partial charge in [-0.2, -0.15) is 5.10 Å². The highest BCUT2D eigenvalue weighted by Crippen LogP contribution is 2.27. The van der Waals surface area contributed by atoms with Crippen molar-refractivity contribution in [2.75, 3.05) is 11.9 Å². The predicted molar refractivity (Wildman–Crippen MR) is 82.4 cm³/mol. The number of rotatable bonds is 4. The number of anilines is 1. The van der Waals surface area contributed by atoms with Gasteiger partial charge in [0.2, 0.25) is 5.88 Å². The summed E-state index contributed by atoms with van der Waals surface area (Å²) in [5, 5.41) is 12.6. The Morgan fingerprint density at radius 3 is 2.61 bits per heavy atom. The molecule has 0 radical (unpaired) electrons. The summed E-state index contributed by atoms with van der Waals surface area (Å²) in [5.41, 5.74) is 4.23. The van der Waals surface area contributed by atoms with Gasteiger partial charge in [-0.05, 0) is 30.3 Å². The van der Waals surface area contributed by atoms with Gasteiger partial charge in [-0.3, -0.25) is 4.79 Å². The molecule has 3 aromatic rings. The Balaban J connectivity index is 0.00000192. The molecule has 3 rings (SSSR count).